The number of carbonyl (C=O) groups is 2. The van der Waals surface area contributed by atoms with Crippen LogP contribution in [0.25, 0.3) is 0 Å². The first-order valence-electron chi connectivity index (χ1n) is 11.7. The fourth-order valence-corrected chi connectivity index (χ4v) is 4.63. The van der Waals surface area contributed by atoms with Crippen molar-refractivity contribution in [1.82, 2.24) is 14.9 Å². The van der Waals surface area contributed by atoms with Crippen LogP contribution in [0.1, 0.15) is 61.3 Å². The van der Waals surface area contributed by atoms with Crippen molar-refractivity contribution in [2.45, 2.75) is 32.1 Å². The van der Waals surface area contributed by atoms with E-state index in [4.69, 9.17) is 0 Å². The minimum Gasteiger partial charge on any atom is -0.346 e. The van der Waals surface area contributed by atoms with Gasteiger partial charge >= 0.3 is 0 Å². The topological polar surface area (TPSA) is 66.1 Å². The lowest BCUT2D eigenvalue weighted by molar-refractivity contribution is 0.0656. The van der Waals surface area contributed by atoms with E-state index in [1.54, 1.807) is 24.3 Å². The summed E-state index contributed by atoms with van der Waals surface area (Å²) in [6.45, 7) is 2.44. The number of amides is 2. The minimum absolute atomic E-state index is 0.218. The molecule has 1 N–H and O–H groups in total. The normalized spacial score (nSPS) is 13.9. The molecule has 1 aromatic heterocycles. The third kappa shape index (κ3) is 4.42. The number of hydrogen-bond acceptors (Lipinski definition) is 3. The Morgan fingerprint density at radius 1 is 0.794 bits per heavy atom. The SMILES string of the molecule is Cc1ccc(C(CCc2ncc(CCN3C(=O)c4ccccc4C3=O)[nH]2)c2ccccc2)cc1. The number of carbonyl (C=O) groups excluding carboxylic acids is 2. The number of aromatic nitrogens is 2. The molecule has 2 amide bonds. The minimum atomic E-state index is -0.218. The monoisotopic (exact) mass is 449 g/mol. The van der Waals surface area contributed by atoms with Crippen LogP contribution in [-0.2, 0) is 12.8 Å². The number of nitrogens with one attached hydrogen (secondary N) is 1. The summed E-state index contributed by atoms with van der Waals surface area (Å²) in [4.78, 5) is 34.5. The second kappa shape index (κ2) is 9.48. The van der Waals surface area contributed by atoms with Crippen molar-refractivity contribution in [2.75, 3.05) is 6.54 Å². The zero-order valence-electron chi connectivity index (χ0n) is 19.2. The van der Waals surface area contributed by atoms with Crippen molar-refractivity contribution in [3.05, 3.63) is 124 Å². The molecule has 5 nitrogen and oxygen atoms in total. The van der Waals surface area contributed by atoms with Gasteiger partial charge in [0.25, 0.3) is 11.8 Å². The maximum Gasteiger partial charge on any atom is 0.261 e. The fraction of sp³-hybridized carbons (Fsp3) is 0.207. The van der Waals surface area contributed by atoms with Crippen LogP contribution < -0.4 is 0 Å². The summed E-state index contributed by atoms with van der Waals surface area (Å²) in [5.41, 5.74) is 5.75. The predicted octanol–water partition coefficient (Wildman–Crippen LogP) is 5.32. The number of nitrogens with zero attached hydrogens (tertiary/aromatic N) is 2. The highest BCUT2D eigenvalue weighted by molar-refractivity contribution is 6.21. The molecule has 0 aliphatic carbocycles. The zero-order chi connectivity index (χ0) is 23.5. The molecule has 1 aliphatic heterocycles. The molecule has 5 heteroatoms. The number of fused-ring (bicyclic) bond motifs is 1. The third-order valence-corrected chi connectivity index (χ3v) is 6.52. The Labute approximate surface area is 199 Å². The predicted molar refractivity (Wildman–Crippen MR) is 132 cm³/mol. The largest absolute Gasteiger partial charge is 0.346 e. The highest BCUT2D eigenvalue weighted by atomic mass is 16.2. The molecule has 0 saturated carbocycles. The standard InChI is InChI=1S/C29H27N3O2/c1-20-11-13-22(14-12-20)24(21-7-3-2-4-8-21)15-16-27-30-19-23(31-27)17-18-32-28(33)25-9-5-6-10-26(25)29(32)34/h2-14,19,24H,15-18H2,1H3,(H,30,31). The molecule has 1 unspecified atom stereocenters. The van der Waals surface area contributed by atoms with Crippen LogP contribution in [-0.4, -0.2) is 33.2 Å². The van der Waals surface area contributed by atoms with Crippen molar-refractivity contribution >= 4 is 11.8 Å². The van der Waals surface area contributed by atoms with Gasteiger partial charge in [0.05, 0.1) is 11.1 Å². The van der Waals surface area contributed by atoms with Crippen LogP contribution in [0, 0.1) is 6.92 Å². The molecule has 4 aromatic rings. The van der Waals surface area contributed by atoms with E-state index in [1.807, 2.05) is 12.3 Å². The van der Waals surface area contributed by atoms with Gasteiger partial charge in [0.15, 0.2) is 0 Å². The lowest BCUT2D eigenvalue weighted by Gasteiger charge is -2.18. The average Bonchev–Trinajstić information content (AvgIpc) is 3.42. The zero-order valence-corrected chi connectivity index (χ0v) is 19.2. The number of rotatable bonds is 8. The van der Waals surface area contributed by atoms with Crippen molar-refractivity contribution in [2.24, 2.45) is 0 Å². The summed E-state index contributed by atoms with van der Waals surface area (Å²) >= 11 is 0. The van der Waals surface area contributed by atoms with Gasteiger partial charge in [0.2, 0.25) is 0 Å². The third-order valence-electron chi connectivity index (χ3n) is 6.52. The smallest absolute Gasteiger partial charge is 0.261 e. The summed E-state index contributed by atoms with van der Waals surface area (Å²) < 4.78 is 0. The highest BCUT2D eigenvalue weighted by Gasteiger charge is 2.34. The Kier molecular flexibility index (Phi) is 6.09. The Morgan fingerprint density at radius 2 is 1.41 bits per heavy atom. The van der Waals surface area contributed by atoms with Crippen LogP contribution in [0.3, 0.4) is 0 Å². The van der Waals surface area contributed by atoms with E-state index >= 15 is 0 Å². The Morgan fingerprint density at radius 3 is 2.09 bits per heavy atom. The van der Waals surface area contributed by atoms with Crippen LogP contribution in [0.2, 0.25) is 0 Å². The van der Waals surface area contributed by atoms with Gasteiger partial charge in [-0.15, -0.1) is 0 Å². The maximum atomic E-state index is 12.6. The van der Waals surface area contributed by atoms with Gasteiger partial charge in [-0.1, -0.05) is 72.3 Å². The van der Waals surface area contributed by atoms with Crippen molar-refractivity contribution < 1.29 is 9.59 Å². The molecule has 5 rings (SSSR count). The van der Waals surface area contributed by atoms with Gasteiger partial charge in [0, 0.05) is 37.2 Å². The fourth-order valence-electron chi connectivity index (χ4n) is 4.63. The Hall–Kier alpha value is -3.99. The number of aromatic amines is 1. The number of aryl methyl sites for hydroxylation is 2. The number of H-pyrrole nitrogens is 1. The molecule has 34 heavy (non-hydrogen) atoms. The number of hydrogen-bond donors (Lipinski definition) is 1. The van der Waals surface area contributed by atoms with E-state index in [9.17, 15) is 9.59 Å². The molecule has 2 heterocycles. The molecule has 0 saturated heterocycles. The maximum absolute atomic E-state index is 12.6. The second-order valence-corrected chi connectivity index (χ2v) is 8.83. The second-order valence-electron chi connectivity index (χ2n) is 8.83. The molecular formula is C29H27N3O2. The van der Waals surface area contributed by atoms with E-state index in [-0.39, 0.29) is 17.7 Å². The highest BCUT2D eigenvalue weighted by Crippen LogP contribution is 2.29. The van der Waals surface area contributed by atoms with Crippen LogP contribution >= 0.6 is 0 Å². The first-order chi connectivity index (χ1) is 16.6. The molecule has 3 aromatic carbocycles. The lowest BCUT2D eigenvalue weighted by atomic mass is 9.87. The quantitative estimate of drug-likeness (QED) is 0.370. The molecule has 0 bridgehead atoms. The van der Waals surface area contributed by atoms with Crippen molar-refractivity contribution in [3.8, 4) is 0 Å². The Balaban J connectivity index is 1.24. The van der Waals surface area contributed by atoms with Gasteiger partial charge in [-0.3, -0.25) is 14.5 Å². The summed E-state index contributed by atoms with van der Waals surface area (Å²) in [5.74, 6) is 0.771. The van der Waals surface area contributed by atoms with Crippen LogP contribution in [0.4, 0.5) is 0 Å². The molecule has 1 aliphatic rings. The van der Waals surface area contributed by atoms with Crippen LogP contribution in [0.15, 0.2) is 85.1 Å². The van der Waals surface area contributed by atoms with Gasteiger partial charge < -0.3 is 4.98 Å². The van der Waals surface area contributed by atoms with E-state index in [2.05, 4.69) is 65.4 Å². The first kappa shape index (κ1) is 21.8. The van der Waals surface area contributed by atoms with Gasteiger partial charge in [0.1, 0.15) is 5.82 Å². The summed E-state index contributed by atoms with van der Waals surface area (Å²) in [6, 6.07) is 26.3. The summed E-state index contributed by atoms with van der Waals surface area (Å²) in [7, 11) is 0. The van der Waals surface area contributed by atoms with E-state index in [0.717, 1.165) is 24.4 Å². The van der Waals surface area contributed by atoms with E-state index in [0.29, 0.717) is 24.1 Å². The Bertz CT molecular complexity index is 1270. The van der Waals surface area contributed by atoms with Gasteiger partial charge in [-0.2, -0.15) is 0 Å². The molecular weight excluding hydrogens is 422 g/mol. The van der Waals surface area contributed by atoms with E-state index in [1.165, 1.54) is 21.6 Å². The molecule has 170 valence electrons. The van der Waals surface area contributed by atoms with Gasteiger partial charge in [-0.25, -0.2) is 4.98 Å². The molecule has 1 atom stereocenters. The van der Waals surface area contributed by atoms with Crippen LogP contribution in [0.5, 0.6) is 0 Å². The van der Waals surface area contributed by atoms with Crippen molar-refractivity contribution in [3.63, 3.8) is 0 Å². The number of benzene rings is 3. The summed E-state index contributed by atoms with van der Waals surface area (Å²) in [5, 5.41) is 0. The molecule has 0 radical (unpaired) electrons. The molecule has 0 spiro atoms. The van der Waals surface area contributed by atoms with Crippen molar-refractivity contribution in [1.29, 1.82) is 0 Å². The average molecular weight is 450 g/mol. The number of imidazole rings is 1. The number of imide groups is 1. The first-order valence-corrected chi connectivity index (χ1v) is 11.7. The van der Waals surface area contributed by atoms with E-state index < -0.39 is 0 Å². The molecule has 0 fully saturated rings. The van der Waals surface area contributed by atoms with Gasteiger partial charge in [-0.05, 0) is 36.6 Å². The summed E-state index contributed by atoms with van der Waals surface area (Å²) in [6.07, 6.45) is 4.11. The lowest BCUT2D eigenvalue weighted by Crippen LogP contribution is -2.31.